The van der Waals surface area contributed by atoms with Gasteiger partial charge in [0, 0.05) is 27.3 Å². The van der Waals surface area contributed by atoms with E-state index in [9.17, 15) is 10.1 Å². The smallest absolute Gasteiger partial charge is 0.313 e. The van der Waals surface area contributed by atoms with Crippen molar-refractivity contribution in [2.75, 3.05) is 5.43 Å². The minimum Gasteiger partial charge on any atom is -0.488 e. The lowest BCUT2D eigenvalue weighted by molar-refractivity contribution is -0.384. The minimum absolute atomic E-state index is 0.0578. The van der Waals surface area contributed by atoms with Gasteiger partial charge in [-0.3, -0.25) is 15.5 Å². The Hall–Kier alpha value is -2.97. The molecule has 0 aliphatic heterocycles. The van der Waals surface area contributed by atoms with E-state index in [0.717, 1.165) is 10.0 Å². The van der Waals surface area contributed by atoms with Gasteiger partial charge in [0.1, 0.15) is 12.4 Å². The summed E-state index contributed by atoms with van der Waals surface area (Å²) in [6.07, 6.45) is 2.96. The van der Waals surface area contributed by atoms with E-state index in [2.05, 4.69) is 31.4 Å². The van der Waals surface area contributed by atoms with Gasteiger partial charge in [0.15, 0.2) is 0 Å². The minimum atomic E-state index is -0.523. The van der Waals surface area contributed by atoms with E-state index in [1.807, 2.05) is 30.3 Å². The van der Waals surface area contributed by atoms with E-state index < -0.39 is 4.92 Å². The number of ether oxygens (including phenoxy) is 1. The Bertz CT molecular complexity index is 1010. The van der Waals surface area contributed by atoms with Crippen LogP contribution < -0.4 is 10.2 Å². The molecule has 3 aromatic rings. The van der Waals surface area contributed by atoms with Crippen LogP contribution >= 0.6 is 27.5 Å². The van der Waals surface area contributed by atoms with Gasteiger partial charge in [0.2, 0.25) is 5.82 Å². The average molecular weight is 462 g/mol. The van der Waals surface area contributed by atoms with E-state index in [-0.39, 0.29) is 11.5 Å². The number of pyridine rings is 1. The van der Waals surface area contributed by atoms with Crippen molar-refractivity contribution in [3.05, 3.63) is 91.5 Å². The predicted molar refractivity (Wildman–Crippen MR) is 112 cm³/mol. The molecule has 0 atom stereocenters. The van der Waals surface area contributed by atoms with Gasteiger partial charge >= 0.3 is 5.69 Å². The fourth-order valence-corrected chi connectivity index (χ4v) is 2.79. The highest BCUT2D eigenvalue weighted by molar-refractivity contribution is 9.10. The molecule has 0 saturated heterocycles. The zero-order chi connectivity index (χ0) is 19.9. The van der Waals surface area contributed by atoms with E-state index in [4.69, 9.17) is 16.3 Å². The van der Waals surface area contributed by atoms with Crippen molar-refractivity contribution in [1.29, 1.82) is 0 Å². The molecule has 1 heterocycles. The Balaban J connectivity index is 1.74. The number of nitro groups is 1. The van der Waals surface area contributed by atoms with Gasteiger partial charge in [-0.15, -0.1) is 0 Å². The Kier molecular flexibility index (Phi) is 6.57. The normalized spacial score (nSPS) is 10.8. The zero-order valence-corrected chi connectivity index (χ0v) is 16.7. The van der Waals surface area contributed by atoms with Crippen LogP contribution in [0.4, 0.5) is 11.5 Å². The molecule has 1 aromatic heterocycles. The van der Waals surface area contributed by atoms with Gasteiger partial charge < -0.3 is 4.74 Å². The number of halogens is 2. The molecule has 142 valence electrons. The Morgan fingerprint density at radius 1 is 1.25 bits per heavy atom. The number of aromatic nitrogens is 1. The number of hydrogen-bond acceptors (Lipinski definition) is 6. The first-order chi connectivity index (χ1) is 13.5. The third kappa shape index (κ3) is 5.28. The van der Waals surface area contributed by atoms with Crippen molar-refractivity contribution < 1.29 is 9.66 Å². The van der Waals surface area contributed by atoms with Gasteiger partial charge in [-0.2, -0.15) is 5.10 Å². The molecule has 0 amide bonds. The molecule has 2 aromatic carbocycles. The molecule has 0 radical (unpaired) electrons. The quantitative estimate of drug-likeness (QED) is 0.288. The van der Waals surface area contributed by atoms with E-state index in [1.54, 1.807) is 12.1 Å². The first-order valence-electron chi connectivity index (χ1n) is 8.08. The van der Waals surface area contributed by atoms with E-state index >= 15 is 0 Å². The summed E-state index contributed by atoms with van der Waals surface area (Å²) in [4.78, 5) is 14.4. The highest BCUT2D eigenvalue weighted by Gasteiger charge is 2.13. The second kappa shape index (κ2) is 9.29. The van der Waals surface area contributed by atoms with E-state index in [0.29, 0.717) is 22.9 Å². The van der Waals surface area contributed by atoms with Crippen LogP contribution in [0.1, 0.15) is 11.1 Å². The Labute approximate surface area is 174 Å². The molecule has 28 heavy (non-hydrogen) atoms. The van der Waals surface area contributed by atoms with Gasteiger partial charge in [0.05, 0.1) is 11.1 Å². The standard InChI is InChI=1S/C19H14BrClN4O3/c20-15-5-8-18(28-12-13-3-6-16(21)7-4-13)14(10-15)11-23-24-19-17(25(26)27)2-1-9-22-19/h1-11H,12H2,(H,22,24)/b23-11-. The average Bonchev–Trinajstić information content (AvgIpc) is 2.69. The summed E-state index contributed by atoms with van der Waals surface area (Å²) in [6, 6.07) is 15.7. The topological polar surface area (TPSA) is 89.7 Å². The monoisotopic (exact) mass is 460 g/mol. The second-order valence-corrected chi connectivity index (χ2v) is 6.95. The maximum Gasteiger partial charge on any atom is 0.313 e. The molecule has 0 spiro atoms. The fraction of sp³-hybridized carbons (Fsp3) is 0.0526. The van der Waals surface area contributed by atoms with Crippen molar-refractivity contribution in [3.63, 3.8) is 0 Å². The lowest BCUT2D eigenvalue weighted by Gasteiger charge is -2.10. The van der Waals surface area contributed by atoms with Crippen LogP contribution in [0.5, 0.6) is 5.75 Å². The number of hydrogen-bond donors (Lipinski definition) is 1. The predicted octanol–water partition coefficient (Wildman–Crippen LogP) is 5.43. The van der Waals surface area contributed by atoms with Crippen LogP contribution in [0, 0.1) is 10.1 Å². The Morgan fingerprint density at radius 2 is 2.04 bits per heavy atom. The van der Waals surface area contributed by atoms with Crippen molar-refractivity contribution in [2.24, 2.45) is 5.10 Å². The summed E-state index contributed by atoms with van der Waals surface area (Å²) in [5.41, 5.74) is 4.10. The second-order valence-electron chi connectivity index (χ2n) is 5.60. The third-order valence-corrected chi connectivity index (χ3v) is 4.38. The number of anilines is 1. The number of benzene rings is 2. The van der Waals surface area contributed by atoms with Crippen LogP contribution in [0.15, 0.2) is 70.4 Å². The van der Waals surface area contributed by atoms with Gasteiger partial charge in [0.25, 0.3) is 0 Å². The molecule has 0 unspecified atom stereocenters. The highest BCUT2D eigenvalue weighted by Crippen LogP contribution is 2.24. The highest BCUT2D eigenvalue weighted by atomic mass is 79.9. The molecule has 0 aliphatic carbocycles. The summed E-state index contributed by atoms with van der Waals surface area (Å²) in [5, 5.41) is 15.8. The third-order valence-electron chi connectivity index (χ3n) is 3.64. The van der Waals surface area contributed by atoms with Gasteiger partial charge in [-0.25, -0.2) is 4.98 Å². The lowest BCUT2D eigenvalue weighted by Crippen LogP contribution is -2.01. The number of hydrazone groups is 1. The molecule has 0 bridgehead atoms. The van der Waals surface area contributed by atoms with Gasteiger partial charge in [-0.1, -0.05) is 39.7 Å². The molecule has 1 N–H and O–H groups in total. The molecule has 9 heteroatoms. The van der Waals surface area contributed by atoms with Crippen LogP contribution in [0.2, 0.25) is 5.02 Å². The SMILES string of the molecule is O=[N+]([O-])c1cccnc1N/N=C\c1cc(Br)ccc1OCc1ccc(Cl)cc1. The molecule has 7 nitrogen and oxygen atoms in total. The van der Waals surface area contributed by atoms with Crippen LogP contribution in [0.25, 0.3) is 0 Å². The number of rotatable bonds is 7. The van der Waals surface area contributed by atoms with Crippen LogP contribution in [0.3, 0.4) is 0 Å². The van der Waals surface area contributed by atoms with E-state index in [1.165, 1.54) is 24.5 Å². The molecule has 3 rings (SSSR count). The fourth-order valence-electron chi connectivity index (χ4n) is 2.29. The first-order valence-corrected chi connectivity index (χ1v) is 9.25. The largest absolute Gasteiger partial charge is 0.488 e. The summed E-state index contributed by atoms with van der Waals surface area (Å²) in [6.45, 7) is 0.360. The molecular weight excluding hydrogens is 448 g/mol. The van der Waals surface area contributed by atoms with Crippen molar-refractivity contribution in [3.8, 4) is 5.75 Å². The molecule has 0 aliphatic rings. The summed E-state index contributed by atoms with van der Waals surface area (Å²) in [7, 11) is 0. The number of nitrogens with zero attached hydrogens (tertiary/aromatic N) is 3. The van der Waals surface area contributed by atoms with Crippen molar-refractivity contribution >= 4 is 45.3 Å². The molecule has 0 fully saturated rings. The maximum atomic E-state index is 11.0. The van der Waals surface area contributed by atoms with Gasteiger partial charge in [-0.05, 0) is 42.0 Å². The van der Waals surface area contributed by atoms with Crippen LogP contribution in [-0.2, 0) is 6.61 Å². The van der Waals surface area contributed by atoms with Crippen molar-refractivity contribution in [1.82, 2.24) is 4.98 Å². The summed E-state index contributed by atoms with van der Waals surface area (Å²) in [5.74, 6) is 0.668. The number of nitrogens with one attached hydrogen (secondary N) is 1. The van der Waals surface area contributed by atoms with Crippen molar-refractivity contribution in [2.45, 2.75) is 6.61 Å². The molecular formula is C19H14BrClN4O3. The zero-order valence-electron chi connectivity index (χ0n) is 14.4. The van der Waals surface area contributed by atoms with Crippen LogP contribution in [-0.4, -0.2) is 16.1 Å². The first kappa shape index (κ1) is 19.8. The summed E-state index contributed by atoms with van der Waals surface area (Å²) >= 11 is 9.31. The lowest BCUT2D eigenvalue weighted by atomic mass is 10.2. The Morgan fingerprint density at radius 3 is 2.79 bits per heavy atom. The summed E-state index contributed by atoms with van der Waals surface area (Å²) < 4.78 is 6.72. The maximum absolute atomic E-state index is 11.0. The molecule has 0 saturated carbocycles.